The number of esters is 1. The first-order valence-electron chi connectivity index (χ1n) is 6.52. The summed E-state index contributed by atoms with van der Waals surface area (Å²) in [5, 5.41) is 2.63. The number of hydrogen-bond acceptors (Lipinski definition) is 5. The quantitative estimate of drug-likeness (QED) is 0.736. The van der Waals surface area contributed by atoms with Gasteiger partial charge < -0.3 is 14.8 Å². The monoisotopic (exact) mass is 256 g/mol. The number of ether oxygens (including phenoxy) is 2. The van der Waals surface area contributed by atoms with Crippen molar-refractivity contribution in [2.24, 2.45) is 5.92 Å². The number of carbonyl (C=O) groups excluding carboxylic acids is 2. The number of amides is 1. The summed E-state index contributed by atoms with van der Waals surface area (Å²) in [7, 11) is 0. The Hall–Kier alpha value is -1.30. The van der Waals surface area contributed by atoms with Crippen molar-refractivity contribution in [3.63, 3.8) is 0 Å². The molecule has 2 heterocycles. The molecule has 1 N–H and O–H groups in total. The van der Waals surface area contributed by atoms with E-state index in [1.165, 1.54) is 0 Å². The lowest BCUT2D eigenvalue weighted by Crippen LogP contribution is -2.43. The van der Waals surface area contributed by atoms with Crippen molar-refractivity contribution in [3.8, 4) is 0 Å². The Morgan fingerprint density at radius 1 is 1.61 bits per heavy atom. The fourth-order valence-corrected chi connectivity index (χ4v) is 2.50. The number of nitrogens with one attached hydrogen (secondary N) is 1. The molecule has 0 bridgehead atoms. The van der Waals surface area contributed by atoms with Gasteiger partial charge in [-0.2, -0.15) is 0 Å². The Bertz CT molecular complexity index is 321. The molecule has 0 spiro atoms. The van der Waals surface area contributed by atoms with Gasteiger partial charge in [0, 0.05) is 13.1 Å². The van der Waals surface area contributed by atoms with Gasteiger partial charge in [-0.05, 0) is 26.3 Å². The lowest BCUT2D eigenvalue weighted by atomic mass is 9.98. The number of carbonyl (C=O) groups is 2. The van der Waals surface area contributed by atoms with Crippen LogP contribution < -0.4 is 5.32 Å². The van der Waals surface area contributed by atoms with Gasteiger partial charge in [-0.1, -0.05) is 0 Å². The molecule has 1 amide bonds. The molecule has 2 fully saturated rings. The van der Waals surface area contributed by atoms with E-state index in [9.17, 15) is 9.59 Å². The van der Waals surface area contributed by atoms with Gasteiger partial charge in [0.25, 0.3) is 0 Å². The van der Waals surface area contributed by atoms with Gasteiger partial charge in [0.2, 0.25) is 0 Å². The molecule has 2 rings (SSSR count). The van der Waals surface area contributed by atoms with E-state index in [0.717, 1.165) is 19.4 Å². The van der Waals surface area contributed by atoms with Gasteiger partial charge in [-0.15, -0.1) is 0 Å². The minimum Gasteiger partial charge on any atom is -0.466 e. The van der Waals surface area contributed by atoms with Gasteiger partial charge in [0.15, 0.2) is 0 Å². The van der Waals surface area contributed by atoms with E-state index in [-0.39, 0.29) is 24.1 Å². The maximum Gasteiger partial charge on any atom is 0.407 e. The predicted molar refractivity (Wildman–Crippen MR) is 64.1 cm³/mol. The first kappa shape index (κ1) is 13.1. The summed E-state index contributed by atoms with van der Waals surface area (Å²) in [6.07, 6.45) is 1.42. The first-order valence-corrected chi connectivity index (χ1v) is 6.52. The minimum atomic E-state index is -0.348. The molecule has 2 aliphatic rings. The topological polar surface area (TPSA) is 67.9 Å². The third-order valence-electron chi connectivity index (χ3n) is 3.34. The highest BCUT2D eigenvalue weighted by molar-refractivity contribution is 5.72. The minimum absolute atomic E-state index is 0.0382. The highest BCUT2D eigenvalue weighted by atomic mass is 16.6. The van der Waals surface area contributed by atoms with E-state index in [0.29, 0.717) is 26.2 Å². The van der Waals surface area contributed by atoms with Gasteiger partial charge in [-0.25, -0.2) is 4.79 Å². The average Bonchev–Trinajstić information content (AvgIpc) is 2.75. The normalized spacial score (nSPS) is 28.6. The van der Waals surface area contributed by atoms with Crippen molar-refractivity contribution >= 4 is 12.1 Å². The number of rotatable bonds is 4. The van der Waals surface area contributed by atoms with Crippen LogP contribution in [0.1, 0.15) is 19.8 Å². The second-order valence-corrected chi connectivity index (χ2v) is 4.76. The Kier molecular flexibility index (Phi) is 4.41. The van der Waals surface area contributed by atoms with Gasteiger partial charge in [0.1, 0.15) is 6.10 Å². The molecule has 0 saturated carbocycles. The van der Waals surface area contributed by atoms with E-state index in [1.807, 2.05) is 6.92 Å². The average molecular weight is 256 g/mol. The van der Waals surface area contributed by atoms with Crippen LogP contribution in [0.25, 0.3) is 0 Å². The zero-order valence-electron chi connectivity index (χ0n) is 10.7. The molecule has 2 aliphatic heterocycles. The van der Waals surface area contributed by atoms with Crippen molar-refractivity contribution in [1.29, 1.82) is 0 Å². The molecular weight excluding hydrogens is 236 g/mol. The molecule has 6 nitrogen and oxygen atoms in total. The highest BCUT2D eigenvalue weighted by Gasteiger charge is 2.30. The zero-order chi connectivity index (χ0) is 13.0. The SMILES string of the molecule is CCOC(=O)[C@@H]1CCCN(CC2CNC(=O)O2)C1. The van der Waals surface area contributed by atoms with Crippen molar-refractivity contribution in [2.45, 2.75) is 25.9 Å². The Morgan fingerprint density at radius 3 is 3.11 bits per heavy atom. The van der Waals surface area contributed by atoms with E-state index >= 15 is 0 Å². The van der Waals surface area contributed by atoms with E-state index in [1.54, 1.807) is 0 Å². The molecule has 18 heavy (non-hydrogen) atoms. The first-order chi connectivity index (χ1) is 8.69. The molecule has 0 aromatic carbocycles. The second kappa shape index (κ2) is 6.04. The molecule has 0 aliphatic carbocycles. The smallest absolute Gasteiger partial charge is 0.407 e. The molecule has 102 valence electrons. The number of cyclic esters (lactones) is 1. The number of alkyl carbamates (subject to hydrolysis) is 1. The van der Waals surface area contributed by atoms with Crippen LogP contribution in [-0.4, -0.2) is 55.9 Å². The van der Waals surface area contributed by atoms with Gasteiger partial charge >= 0.3 is 12.1 Å². The molecule has 6 heteroatoms. The van der Waals surface area contributed by atoms with Crippen LogP contribution in [0.5, 0.6) is 0 Å². The maximum atomic E-state index is 11.7. The molecule has 1 unspecified atom stereocenters. The highest BCUT2D eigenvalue weighted by Crippen LogP contribution is 2.18. The standard InChI is InChI=1S/C12H20N2O4/c1-2-17-11(15)9-4-3-5-14(7-9)8-10-6-13-12(16)18-10/h9-10H,2-8H2,1H3,(H,13,16)/t9-,10?/m1/s1. The van der Waals surface area contributed by atoms with Gasteiger partial charge in [-0.3, -0.25) is 9.69 Å². The van der Waals surface area contributed by atoms with Crippen LogP contribution in [0.2, 0.25) is 0 Å². The Balaban J connectivity index is 1.79. The van der Waals surface area contributed by atoms with Crippen LogP contribution in [0.4, 0.5) is 4.79 Å². The van der Waals surface area contributed by atoms with Crippen LogP contribution in [0, 0.1) is 5.92 Å². The fraction of sp³-hybridized carbons (Fsp3) is 0.833. The van der Waals surface area contributed by atoms with Crippen molar-refractivity contribution < 1.29 is 19.1 Å². The molecular formula is C12H20N2O4. The number of nitrogens with zero attached hydrogens (tertiary/aromatic N) is 1. The molecule has 0 radical (unpaired) electrons. The molecule has 2 saturated heterocycles. The lowest BCUT2D eigenvalue weighted by molar-refractivity contribution is -0.150. The number of likely N-dealkylation sites (tertiary alicyclic amines) is 1. The summed E-state index contributed by atoms with van der Waals surface area (Å²) in [4.78, 5) is 24.8. The number of piperidine rings is 1. The van der Waals surface area contributed by atoms with Crippen molar-refractivity contribution in [1.82, 2.24) is 10.2 Å². The Labute approximate surface area is 107 Å². The summed E-state index contributed by atoms with van der Waals surface area (Å²) >= 11 is 0. The third kappa shape index (κ3) is 3.35. The molecule has 0 aromatic rings. The second-order valence-electron chi connectivity index (χ2n) is 4.76. The largest absolute Gasteiger partial charge is 0.466 e. The van der Waals surface area contributed by atoms with Crippen LogP contribution in [0.3, 0.4) is 0 Å². The summed E-state index contributed by atoms with van der Waals surface area (Å²) in [5.41, 5.74) is 0. The summed E-state index contributed by atoms with van der Waals surface area (Å²) in [6.45, 7) is 5.15. The summed E-state index contributed by atoms with van der Waals surface area (Å²) < 4.78 is 10.2. The van der Waals surface area contributed by atoms with Crippen LogP contribution >= 0.6 is 0 Å². The van der Waals surface area contributed by atoms with Crippen molar-refractivity contribution in [3.05, 3.63) is 0 Å². The zero-order valence-corrected chi connectivity index (χ0v) is 10.7. The maximum absolute atomic E-state index is 11.7. The van der Waals surface area contributed by atoms with Crippen molar-refractivity contribution in [2.75, 3.05) is 32.8 Å². The predicted octanol–water partition coefficient (Wildman–Crippen LogP) is 0.370. The van der Waals surface area contributed by atoms with Crippen LogP contribution in [0.15, 0.2) is 0 Å². The molecule has 2 atom stereocenters. The van der Waals surface area contributed by atoms with E-state index in [2.05, 4.69) is 10.2 Å². The summed E-state index contributed by atoms with van der Waals surface area (Å²) in [6, 6.07) is 0. The summed E-state index contributed by atoms with van der Waals surface area (Å²) in [5.74, 6) is -0.146. The van der Waals surface area contributed by atoms with E-state index in [4.69, 9.17) is 9.47 Å². The van der Waals surface area contributed by atoms with Crippen LogP contribution in [-0.2, 0) is 14.3 Å². The Morgan fingerprint density at radius 2 is 2.44 bits per heavy atom. The fourth-order valence-electron chi connectivity index (χ4n) is 2.50. The van der Waals surface area contributed by atoms with E-state index < -0.39 is 0 Å². The number of hydrogen-bond donors (Lipinski definition) is 1. The third-order valence-corrected chi connectivity index (χ3v) is 3.34. The lowest BCUT2D eigenvalue weighted by Gasteiger charge is -2.32. The van der Waals surface area contributed by atoms with Gasteiger partial charge in [0.05, 0.1) is 19.1 Å². The molecule has 0 aromatic heterocycles.